The number of carbonyl (C=O) groups is 2. The third-order valence-electron chi connectivity index (χ3n) is 3.70. The van der Waals surface area contributed by atoms with Gasteiger partial charge in [0, 0.05) is 10.9 Å². The lowest BCUT2D eigenvalue weighted by Gasteiger charge is -2.14. The second kappa shape index (κ2) is 6.42. The molecule has 2 amide bonds. The first-order valence-corrected chi connectivity index (χ1v) is 7.90. The van der Waals surface area contributed by atoms with Crippen molar-refractivity contribution in [2.24, 2.45) is 0 Å². The Morgan fingerprint density at radius 2 is 1.87 bits per heavy atom. The number of nitrogens with one attached hydrogen (secondary N) is 2. The lowest BCUT2D eigenvalue weighted by atomic mass is 10.1. The van der Waals surface area contributed by atoms with Crippen LogP contribution < -0.4 is 15.4 Å². The maximum Gasteiger partial charge on any atom is 0.254 e. The normalized spacial score (nSPS) is 16.9. The molecule has 2 N–H and O–H groups in total. The Labute approximate surface area is 142 Å². The molecule has 6 heteroatoms. The second-order valence-corrected chi connectivity index (χ2v) is 6.17. The molecule has 118 valence electrons. The number of methoxy groups -OCH3 is 1. The predicted octanol–water partition coefficient (Wildman–Crippen LogP) is 2.75. The van der Waals surface area contributed by atoms with Crippen LogP contribution in [-0.2, 0) is 11.2 Å². The van der Waals surface area contributed by atoms with E-state index in [1.807, 2.05) is 24.3 Å². The molecule has 0 aromatic heterocycles. The van der Waals surface area contributed by atoms with Crippen molar-refractivity contribution in [3.63, 3.8) is 0 Å². The van der Waals surface area contributed by atoms with E-state index in [0.717, 1.165) is 15.8 Å². The highest BCUT2D eigenvalue weighted by Gasteiger charge is 2.28. The van der Waals surface area contributed by atoms with E-state index in [4.69, 9.17) is 4.74 Å². The summed E-state index contributed by atoms with van der Waals surface area (Å²) in [5.41, 5.74) is 1.91. The summed E-state index contributed by atoms with van der Waals surface area (Å²) >= 11 is 3.34. The molecule has 0 saturated heterocycles. The molecule has 2 aromatic carbocycles. The summed E-state index contributed by atoms with van der Waals surface area (Å²) in [7, 11) is 1.60. The Morgan fingerprint density at radius 1 is 1.13 bits per heavy atom. The van der Waals surface area contributed by atoms with Gasteiger partial charge in [-0.1, -0.05) is 28.1 Å². The highest BCUT2D eigenvalue weighted by molar-refractivity contribution is 9.10. The van der Waals surface area contributed by atoms with Crippen LogP contribution in [0.15, 0.2) is 46.9 Å². The maximum atomic E-state index is 12.4. The number of carbonyl (C=O) groups excluding carboxylic acids is 2. The van der Waals surface area contributed by atoms with Crippen molar-refractivity contribution in [3.8, 4) is 5.75 Å². The number of amides is 2. The van der Waals surface area contributed by atoms with Crippen molar-refractivity contribution < 1.29 is 14.3 Å². The molecule has 5 nitrogen and oxygen atoms in total. The first-order valence-electron chi connectivity index (χ1n) is 7.11. The van der Waals surface area contributed by atoms with Gasteiger partial charge in [0.15, 0.2) is 0 Å². The summed E-state index contributed by atoms with van der Waals surface area (Å²) in [6.07, 6.45) is 0.413. The van der Waals surface area contributed by atoms with Gasteiger partial charge in [0.1, 0.15) is 11.8 Å². The summed E-state index contributed by atoms with van der Waals surface area (Å²) in [5.74, 6) is 0.258. The van der Waals surface area contributed by atoms with Crippen molar-refractivity contribution in [3.05, 3.63) is 58.1 Å². The number of rotatable bonds is 3. The summed E-state index contributed by atoms with van der Waals surface area (Å²) < 4.78 is 5.90. The first-order chi connectivity index (χ1) is 11.1. The van der Waals surface area contributed by atoms with E-state index < -0.39 is 6.04 Å². The number of benzene rings is 2. The summed E-state index contributed by atoms with van der Waals surface area (Å²) in [6, 6.07) is 12.0. The quantitative estimate of drug-likeness (QED) is 0.867. The van der Waals surface area contributed by atoms with E-state index in [1.54, 1.807) is 25.3 Å². The van der Waals surface area contributed by atoms with Crippen LogP contribution in [0.3, 0.4) is 0 Å². The summed E-state index contributed by atoms with van der Waals surface area (Å²) in [5, 5.41) is 5.59. The maximum absolute atomic E-state index is 12.4. The molecular weight excluding hydrogens is 360 g/mol. The van der Waals surface area contributed by atoms with E-state index in [9.17, 15) is 9.59 Å². The minimum Gasteiger partial charge on any atom is -0.497 e. The Balaban J connectivity index is 1.82. The van der Waals surface area contributed by atoms with Gasteiger partial charge in [-0.3, -0.25) is 9.59 Å². The van der Waals surface area contributed by atoms with E-state index in [0.29, 0.717) is 17.7 Å². The van der Waals surface area contributed by atoms with Gasteiger partial charge in [-0.15, -0.1) is 0 Å². The highest BCUT2D eigenvalue weighted by atomic mass is 79.9. The standard InChI is InChI=1S/C17H15BrN2O3/c1-23-12-5-2-10(3-6-12)8-15-17(22)19-14-7-4-11(18)9-13(14)16(21)20-15/h2-7,9,15H,8H2,1H3,(H,19,22)(H,20,21). The fraction of sp³-hybridized carbons (Fsp3) is 0.176. The van der Waals surface area contributed by atoms with Crippen LogP contribution in [0.5, 0.6) is 5.75 Å². The van der Waals surface area contributed by atoms with Crippen molar-refractivity contribution in [1.82, 2.24) is 5.32 Å². The molecule has 0 fully saturated rings. The number of anilines is 1. The minimum atomic E-state index is -0.623. The molecule has 23 heavy (non-hydrogen) atoms. The zero-order chi connectivity index (χ0) is 16.4. The molecule has 0 spiro atoms. The summed E-state index contributed by atoms with van der Waals surface area (Å²) in [6.45, 7) is 0. The fourth-order valence-corrected chi connectivity index (χ4v) is 2.84. The average Bonchev–Trinajstić information content (AvgIpc) is 2.66. The third kappa shape index (κ3) is 3.37. The van der Waals surface area contributed by atoms with Crippen molar-refractivity contribution in [2.75, 3.05) is 12.4 Å². The van der Waals surface area contributed by atoms with Gasteiger partial charge in [0.2, 0.25) is 5.91 Å². The van der Waals surface area contributed by atoms with E-state index in [2.05, 4.69) is 26.6 Å². The predicted molar refractivity (Wildman–Crippen MR) is 90.7 cm³/mol. The Bertz CT molecular complexity index is 759. The lowest BCUT2D eigenvalue weighted by molar-refractivity contribution is -0.117. The van der Waals surface area contributed by atoms with Gasteiger partial charge >= 0.3 is 0 Å². The molecule has 0 saturated carbocycles. The average molecular weight is 375 g/mol. The molecular formula is C17H15BrN2O3. The van der Waals surface area contributed by atoms with Gasteiger partial charge in [0.05, 0.1) is 18.4 Å². The first kappa shape index (κ1) is 15.6. The smallest absolute Gasteiger partial charge is 0.254 e. The van der Waals surface area contributed by atoms with Crippen molar-refractivity contribution in [1.29, 1.82) is 0 Å². The molecule has 1 aliphatic rings. The Hall–Kier alpha value is -2.34. The van der Waals surface area contributed by atoms with Gasteiger partial charge in [-0.2, -0.15) is 0 Å². The number of halogens is 1. The van der Waals surface area contributed by atoms with E-state index in [1.165, 1.54) is 0 Å². The minimum absolute atomic E-state index is 0.227. The topological polar surface area (TPSA) is 67.4 Å². The molecule has 2 aromatic rings. The lowest BCUT2D eigenvalue weighted by Crippen LogP contribution is -2.42. The number of hydrogen-bond acceptors (Lipinski definition) is 3. The zero-order valence-electron chi connectivity index (χ0n) is 12.4. The molecule has 0 bridgehead atoms. The Kier molecular flexibility index (Phi) is 4.34. The van der Waals surface area contributed by atoms with Crippen LogP contribution >= 0.6 is 15.9 Å². The molecule has 0 radical (unpaired) electrons. The number of ether oxygens (including phenoxy) is 1. The molecule has 0 aliphatic carbocycles. The number of fused-ring (bicyclic) bond motifs is 1. The molecule has 1 heterocycles. The van der Waals surface area contributed by atoms with Crippen molar-refractivity contribution in [2.45, 2.75) is 12.5 Å². The van der Waals surface area contributed by atoms with Gasteiger partial charge in [0.25, 0.3) is 5.91 Å². The van der Waals surface area contributed by atoms with E-state index in [-0.39, 0.29) is 11.8 Å². The van der Waals surface area contributed by atoms with Crippen molar-refractivity contribution >= 4 is 33.4 Å². The SMILES string of the molecule is COc1ccc(CC2NC(=O)c3cc(Br)ccc3NC2=O)cc1. The molecule has 3 rings (SSSR count). The van der Waals surface area contributed by atoms with E-state index >= 15 is 0 Å². The fourth-order valence-electron chi connectivity index (χ4n) is 2.48. The van der Waals surface area contributed by atoms with Crippen LogP contribution in [0, 0.1) is 0 Å². The molecule has 1 atom stereocenters. The number of hydrogen-bond donors (Lipinski definition) is 2. The van der Waals surface area contributed by atoms with Crippen LogP contribution in [0.25, 0.3) is 0 Å². The van der Waals surface area contributed by atoms with Gasteiger partial charge in [-0.05, 0) is 35.9 Å². The van der Waals surface area contributed by atoms with Crippen LogP contribution in [0.2, 0.25) is 0 Å². The van der Waals surface area contributed by atoms with Gasteiger partial charge < -0.3 is 15.4 Å². The Morgan fingerprint density at radius 3 is 2.57 bits per heavy atom. The van der Waals surface area contributed by atoms with Crippen LogP contribution in [0.4, 0.5) is 5.69 Å². The largest absolute Gasteiger partial charge is 0.497 e. The third-order valence-corrected chi connectivity index (χ3v) is 4.20. The monoisotopic (exact) mass is 374 g/mol. The summed E-state index contributed by atoms with van der Waals surface area (Å²) in [4.78, 5) is 24.7. The highest BCUT2D eigenvalue weighted by Crippen LogP contribution is 2.24. The molecule has 1 unspecified atom stereocenters. The van der Waals surface area contributed by atoms with Gasteiger partial charge in [-0.25, -0.2) is 0 Å². The second-order valence-electron chi connectivity index (χ2n) is 5.26. The molecule has 1 aliphatic heterocycles. The van der Waals surface area contributed by atoms with Crippen LogP contribution in [-0.4, -0.2) is 25.0 Å². The zero-order valence-corrected chi connectivity index (χ0v) is 14.0. The van der Waals surface area contributed by atoms with Crippen LogP contribution in [0.1, 0.15) is 15.9 Å².